The van der Waals surface area contributed by atoms with Crippen molar-refractivity contribution in [2.45, 2.75) is 13.3 Å². The van der Waals surface area contributed by atoms with Crippen LogP contribution in [0.5, 0.6) is 5.75 Å². The van der Waals surface area contributed by atoms with Crippen LogP contribution in [0, 0.1) is 0 Å². The summed E-state index contributed by atoms with van der Waals surface area (Å²) < 4.78 is 27.6. The van der Waals surface area contributed by atoms with Crippen LogP contribution in [0.15, 0.2) is 18.2 Å². The number of amides is 1. The maximum absolute atomic E-state index is 11.6. The number of hydrogen-bond acceptors (Lipinski definition) is 5. The Kier molecular flexibility index (Phi) is 5.17. The molecule has 0 bridgehead atoms. The normalized spacial score (nSPS) is 11.1. The molecule has 0 spiro atoms. The van der Waals surface area contributed by atoms with Crippen molar-refractivity contribution in [3.63, 3.8) is 0 Å². The van der Waals surface area contributed by atoms with E-state index in [4.69, 9.17) is 10.5 Å². The monoisotopic (exact) mass is 286 g/mol. The van der Waals surface area contributed by atoms with Gasteiger partial charge in [0.2, 0.25) is 5.91 Å². The standard InChI is InChI=1S/C12H18N2O4S/c1-3-19(16,17)7-6-12(15)14-11-5-4-9(18-2)8-10(11)13/h4-5,8H,3,6-7,13H2,1-2H3,(H,14,15). The van der Waals surface area contributed by atoms with E-state index in [1.54, 1.807) is 25.1 Å². The molecule has 19 heavy (non-hydrogen) atoms. The third kappa shape index (κ3) is 4.78. The molecule has 1 rings (SSSR count). The number of ether oxygens (including phenoxy) is 1. The molecule has 0 fully saturated rings. The highest BCUT2D eigenvalue weighted by molar-refractivity contribution is 7.91. The number of carbonyl (C=O) groups is 1. The van der Waals surface area contributed by atoms with Crippen LogP contribution >= 0.6 is 0 Å². The molecular weight excluding hydrogens is 268 g/mol. The molecule has 0 radical (unpaired) electrons. The fourth-order valence-corrected chi connectivity index (χ4v) is 2.17. The van der Waals surface area contributed by atoms with Crippen LogP contribution in [-0.4, -0.2) is 32.9 Å². The number of nitrogens with one attached hydrogen (secondary N) is 1. The van der Waals surface area contributed by atoms with Crippen LogP contribution in [0.3, 0.4) is 0 Å². The Hall–Kier alpha value is -1.76. The fourth-order valence-electron chi connectivity index (χ4n) is 1.39. The number of nitrogens with two attached hydrogens (primary N) is 1. The predicted molar refractivity (Wildman–Crippen MR) is 75.0 cm³/mol. The van der Waals surface area contributed by atoms with Gasteiger partial charge in [0.15, 0.2) is 9.84 Å². The van der Waals surface area contributed by atoms with E-state index >= 15 is 0 Å². The molecule has 0 saturated carbocycles. The molecule has 0 saturated heterocycles. The quantitative estimate of drug-likeness (QED) is 0.761. The highest BCUT2D eigenvalue weighted by Crippen LogP contribution is 2.24. The van der Waals surface area contributed by atoms with Gasteiger partial charge in [-0.25, -0.2) is 8.42 Å². The first kappa shape index (κ1) is 15.3. The zero-order valence-corrected chi connectivity index (χ0v) is 11.8. The first-order valence-electron chi connectivity index (χ1n) is 5.81. The molecule has 1 aromatic rings. The Morgan fingerprint density at radius 2 is 2.11 bits per heavy atom. The largest absolute Gasteiger partial charge is 0.497 e. The van der Waals surface area contributed by atoms with Crippen LogP contribution in [0.25, 0.3) is 0 Å². The van der Waals surface area contributed by atoms with Crippen LogP contribution in [-0.2, 0) is 14.6 Å². The second kappa shape index (κ2) is 6.42. The summed E-state index contributed by atoms with van der Waals surface area (Å²) in [5.74, 6) is 0.0778. The molecular formula is C12H18N2O4S. The third-order valence-electron chi connectivity index (χ3n) is 2.61. The summed E-state index contributed by atoms with van der Waals surface area (Å²) >= 11 is 0. The Balaban J connectivity index is 2.63. The van der Waals surface area contributed by atoms with E-state index in [1.807, 2.05) is 0 Å². The second-order valence-corrected chi connectivity index (χ2v) is 6.46. The maximum Gasteiger partial charge on any atom is 0.225 e. The van der Waals surface area contributed by atoms with Gasteiger partial charge in [-0.3, -0.25) is 4.79 Å². The summed E-state index contributed by atoms with van der Waals surface area (Å²) in [5, 5.41) is 2.57. The van der Waals surface area contributed by atoms with Gasteiger partial charge in [0.25, 0.3) is 0 Å². The smallest absolute Gasteiger partial charge is 0.225 e. The lowest BCUT2D eigenvalue weighted by Crippen LogP contribution is -2.18. The number of nitrogen functional groups attached to an aromatic ring is 1. The number of methoxy groups -OCH3 is 1. The van der Waals surface area contributed by atoms with Crippen molar-refractivity contribution in [3.05, 3.63) is 18.2 Å². The van der Waals surface area contributed by atoms with Gasteiger partial charge in [-0.2, -0.15) is 0 Å². The number of anilines is 2. The van der Waals surface area contributed by atoms with Gasteiger partial charge in [-0.15, -0.1) is 0 Å². The number of carbonyl (C=O) groups excluding carboxylic acids is 1. The molecule has 106 valence electrons. The van der Waals surface area contributed by atoms with Gasteiger partial charge in [0.05, 0.1) is 24.2 Å². The zero-order chi connectivity index (χ0) is 14.5. The van der Waals surface area contributed by atoms with Crippen molar-refractivity contribution in [2.24, 2.45) is 0 Å². The first-order chi connectivity index (χ1) is 8.88. The lowest BCUT2D eigenvalue weighted by Gasteiger charge is -2.09. The Labute approximate surface area is 112 Å². The van der Waals surface area contributed by atoms with Gasteiger partial charge in [-0.1, -0.05) is 6.92 Å². The van der Waals surface area contributed by atoms with Gasteiger partial charge < -0.3 is 15.8 Å². The Bertz CT molecular complexity index is 555. The Morgan fingerprint density at radius 1 is 1.42 bits per heavy atom. The lowest BCUT2D eigenvalue weighted by atomic mass is 10.2. The molecule has 3 N–H and O–H groups in total. The topological polar surface area (TPSA) is 98.5 Å². The minimum Gasteiger partial charge on any atom is -0.497 e. The summed E-state index contributed by atoms with van der Waals surface area (Å²) in [6, 6.07) is 4.85. The first-order valence-corrected chi connectivity index (χ1v) is 7.64. The van der Waals surface area contributed by atoms with Crippen molar-refractivity contribution in [3.8, 4) is 5.75 Å². The van der Waals surface area contributed by atoms with Crippen molar-refractivity contribution >= 4 is 27.1 Å². The van der Waals surface area contributed by atoms with E-state index in [9.17, 15) is 13.2 Å². The van der Waals surface area contributed by atoms with Gasteiger partial charge in [0, 0.05) is 18.2 Å². The molecule has 0 unspecified atom stereocenters. The summed E-state index contributed by atoms with van der Waals surface area (Å²) in [6.07, 6.45) is -0.0817. The summed E-state index contributed by atoms with van der Waals surface area (Å²) in [5.41, 5.74) is 6.55. The minimum atomic E-state index is -3.14. The molecule has 1 amide bonds. The molecule has 7 heteroatoms. The fraction of sp³-hybridized carbons (Fsp3) is 0.417. The SMILES string of the molecule is CCS(=O)(=O)CCC(=O)Nc1ccc(OC)cc1N. The molecule has 0 aromatic heterocycles. The Morgan fingerprint density at radius 3 is 2.63 bits per heavy atom. The van der Waals surface area contributed by atoms with E-state index in [0.717, 1.165) is 0 Å². The lowest BCUT2D eigenvalue weighted by molar-refractivity contribution is -0.115. The van der Waals surface area contributed by atoms with E-state index in [2.05, 4.69) is 5.32 Å². The molecule has 0 aliphatic heterocycles. The van der Waals surface area contributed by atoms with Crippen LogP contribution in [0.4, 0.5) is 11.4 Å². The van der Waals surface area contributed by atoms with E-state index in [1.165, 1.54) is 7.11 Å². The van der Waals surface area contributed by atoms with E-state index in [-0.39, 0.29) is 23.8 Å². The van der Waals surface area contributed by atoms with Crippen molar-refractivity contribution in [1.82, 2.24) is 0 Å². The molecule has 0 aliphatic rings. The molecule has 1 aromatic carbocycles. The predicted octanol–water partition coefficient (Wildman–Crippen LogP) is 1.04. The van der Waals surface area contributed by atoms with Gasteiger partial charge >= 0.3 is 0 Å². The van der Waals surface area contributed by atoms with Gasteiger partial charge in [0.1, 0.15) is 5.75 Å². The van der Waals surface area contributed by atoms with Crippen LogP contribution < -0.4 is 15.8 Å². The number of sulfone groups is 1. The average molecular weight is 286 g/mol. The average Bonchev–Trinajstić information content (AvgIpc) is 2.39. The van der Waals surface area contributed by atoms with Crippen molar-refractivity contribution in [1.29, 1.82) is 0 Å². The number of benzene rings is 1. The molecule has 0 aliphatic carbocycles. The van der Waals surface area contributed by atoms with Crippen LogP contribution in [0.1, 0.15) is 13.3 Å². The number of hydrogen-bond donors (Lipinski definition) is 2. The molecule has 0 heterocycles. The third-order valence-corrected chi connectivity index (χ3v) is 4.32. The summed E-state index contributed by atoms with van der Waals surface area (Å²) in [4.78, 5) is 11.6. The second-order valence-electron chi connectivity index (χ2n) is 3.99. The maximum atomic E-state index is 11.6. The highest BCUT2D eigenvalue weighted by Gasteiger charge is 2.12. The van der Waals surface area contributed by atoms with Crippen molar-refractivity contribution < 1.29 is 17.9 Å². The number of rotatable bonds is 6. The zero-order valence-electron chi connectivity index (χ0n) is 11.0. The van der Waals surface area contributed by atoms with Gasteiger partial charge in [-0.05, 0) is 12.1 Å². The van der Waals surface area contributed by atoms with Crippen LogP contribution in [0.2, 0.25) is 0 Å². The molecule has 0 atom stereocenters. The van der Waals surface area contributed by atoms with Crippen molar-refractivity contribution in [2.75, 3.05) is 29.7 Å². The minimum absolute atomic E-state index is 0.0327. The molecule has 6 nitrogen and oxygen atoms in total. The van der Waals surface area contributed by atoms with E-state index in [0.29, 0.717) is 17.1 Å². The van der Waals surface area contributed by atoms with E-state index < -0.39 is 9.84 Å². The summed E-state index contributed by atoms with van der Waals surface area (Å²) in [6.45, 7) is 1.55. The summed E-state index contributed by atoms with van der Waals surface area (Å²) in [7, 11) is -1.62. The highest BCUT2D eigenvalue weighted by atomic mass is 32.2.